The van der Waals surface area contributed by atoms with E-state index in [-0.39, 0.29) is 5.96 Å². The van der Waals surface area contributed by atoms with Crippen LogP contribution in [0, 0.1) is 11.3 Å². The van der Waals surface area contributed by atoms with E-state index in [2.05, 4.69) is 0 Å². The molecule has 3 N–H and O–H groups in total. The molecule has 4 heteroatoms. The van der Waals surface area contributed by atoms with Crippen LogP contribution in [0.3, 0.4) is 0 Å². The Kier molecular flexibility index (Phi) is 3.34. The molecule has 0 amide bonds. The molecule has 1 heterocycles. The minimum atomic E-state index is 0.189. The van der Waals surface area contributed by atoms with Crippen molar-refractivity contribution < 1.29 is 4.74 Å². The van der Waals surface area contributed by atoms with Crippen LogP contribution in [0.5, 0.6) is 0 Å². The molecule has 0 aromatic carbocycles. The van der Waals surface area contributed by atoms with E-state index in [9.17, 15) is 0 Å². The summed E-state index contributed by atoms with van der Waals surface area (Å²) in [6, 6.07) is 0. The molecule has 0 unspecified atom stereocenters. The summed E-state index contributed by atoms with van der Waals surface area (Å²) in [7, 11) is 0. The fourth-order valence-electron chi connectivity index (χ4n) is 1.47. The van der Waals surface area contributed by atoms with Crippen LogP contribution in [0.15, 0.2) is 0 Å². The second kappa shape index (κ2) is 4.30. The third-order valence-electron chi connectivity index (χ3n) is 2.18. The molecular formula is C8H17N3O. The summed E-state index contributed by atoms with van der Waals surface area (Å²) < 4.78 is 5.31. The van der Waals surface area contributed by atoms with Crippen LogP contribution in [0.1, 0.15) is 13.3 Å². The van der Waals surface area contributed by atoms with Gasteiger partial charge in [0.05, 0.1) is 6.61 Å². The van der Waals surface area contributed by atoms with E-state index < -0.39 is 0 Å². The van der Waals surface area contributed by atoms with Gasteiger partial charge < -0.3 is 15.4 Å². The second-order valence-electron chi connectivity index (χ2n) is 3.15. The molecule has 0 aromatic heterocycles. The van der Waals surface area contributed by atoms with Gasteiger partial charge in [0.15, 0.2) is 5.96 Å². The molecular weight excluding hydrogens is 154 g/mol. The minimum Gasteiger partial charge on any atom is -0.381 e. The van der Waals surface area contributed by atoms with E-state index >= 15 is 0 Å². The Morgan fingerprint density at radius 1 is 1.75 bits per heavy atom. The number of ether oxygens (including phenoxy) is 1. The Morgan fingerprint density at radius 2 is 2.50 bits per heavy atom. The first-order valence-electron chi connectivity index (χ1n) is 4.40. The van der Waals surface area contributed by atoms with Gasteiger partial charge in [0, 0.05) is 25.6 Å². The molecule has 0 aliphatic carbocycles. The normalized spacial score (nSPS) is 23.1. The average Bonchev–Trinajstić information content (AvgIpc) is 2.48. The molecule has 0 aromatic rings. The first kappa shape index (κ1) is 9.32. The number of likely N-dealkylation sites (tertiary alicyclic amines) is 1. The van der Waals surface area contributed by atoms with E-state index in [1.54, 1.807) is 0 Å². The Bertz CT molecular complexity index is 160. The molecule has 1 aliphatic heterocycles. The molecule has 0 saturated carbocycles. The van der Waals surface area contributed by atoms with Crippen molar-refractivity contribution in [2.75, 3.05) is 26.3 Å². The maximum atomic E-state index is 7.22. The monoisotopic (exact) mass is 171 g/mol. The summed E-state index contributed by atoms with van der Waals surface area (Å²) in [6.07, 6.45) is 1.10. The fraction of sp³-hybridized carbons (Fsp3) is 0.875. The van der Waals surface area contributed by atoms with Crippen LogP contribution >= 0.6 is 0 Å². The van der Waals surface area contributed by atoms with Crippen LogP contribution in [0.4, 0.5) is 0 Å². The first-order valence-corrected chi connectivity index (χ1v) is 4.40. The van der Waals surface area contributed by atoms with Crippen molar-refractivity contribution >= 4 is 5.96 Å². The van der Waals surface area contributed by atoms with E-state index in [1.807, 2.05) is 11.8 Å². The molecule has 70 valence electrons. The van der Waals surface area contributed by atoms with Gasteiger partial charge in [-0.1, -0.05) is 0 Å². The van der Waals surface area contributed by atoms with Crippen molar-refractivity contribution in [3.8, 4) is 0 Å². The lowest BCUT2D eigenvalue weighted by molar-refractivity contribution is 0.114. The number of hydrogen-bond acceptors (Lipinski definition) is 2. The predicted molar refractivity (Wildman–Crippen MR) is 48.1 cm³/mol. The van der Waals surface area contributed by atoms with Crippen LogP contribution < -0.4 is 5.73 Å². The van der Waals surface area contributed by atoms with Gasteiger partial charge in [-0.05, 0) is 13.3 Å². The van der Waals surface area contributed by atoms with Crippen molar-refractivity contribution in [1.29, 1.82) is 5.41 Å². The summed E-state index contributed by atoms with van der Waals surface area (Å²) >= 11 is 0. The summed E-state index contributed by atoms with van der Waals surface area (Å²) in [4.78, 5) is 1.89. The van der Waals surface area contributed by atoms with E-state index in [4.69, 9.17) is 15.9 Å². The molecule has 0 radical (unpaired) electrons. The zero-order valence-corrected chi connectivity index (χ0v) is 7.55. The van der Waals surface area contributed by atoms with Crippen LogP contribution in [-0.2, 0) is 4.74 Å². The smallest absolute Gasteiger partial charge is 0.188 e. The molecule has 0 spiro atoms. The number of nitrogens with zero attached hydrogens (tertiary/aromatic N) is 1. The highest BCUT2D eigenvalue weighted by atomic mass is 16.5. The Labute approximate surface area is 73.2 Å². The maximum absolute atomic E-state index is 7.22. The van der Waals surface area contributed by atoms with Crippen LogP contribution in [-0.4, -0.2) is 37.2 Å². The highest BCUT2D eigenvalue weighted by Crippen LogP contribution is 2.15. The van der Waals surface area contributed by atoms with Crippen LogP contribution in [0.25, 0.3) is 0 Å². The zero-order chi connectivity index (χ0) is 8.97. The summed E-state index contributed by atoms with van der Waals surface area (Å²) in [5, 5.41) is 7.22. The molecule has 1 saturated heterocycles. The average molecular weight is 171 g/mol. The molecule has 12 heavy (non-hydrogen) atoms. The van der Waals surface area contributed by atoms with Gasteiger partial charge in [-0.3, -0.25) is 5.41 Å². The van der Waals surface area contributed by atoms with Crippen molar-refractivity contribution in [3.63, 3.8) is 0 Å². The minimum absolute atomic E-state index is 0.189. The molecule has 1 fully saturated rings. The number of rotatable bonds is 3. The molecule has 4 nitrogen and oxygen atoms in total. The lowest BCUT2D eigenvalue weighted by Gasteiger charge is -2.15. The van der Waals surface area contributed by atoms with Crippen molar-refractivity contribution in [2.24, 2.45) is 11.7 Å². The zero-order valence-electron chi connectivity index (χ0n) is 7.55. The maximum Gasteiger partial charge on any atom is 0.188 e. The highest BCUT2D eigenvalue weighted by Gasteiger charge is 2.22. The third kappa shape index (κ3) is 2.37. The summed E-state index contributed by atoms with van der Waals surface area (Å²) in [5.74, 6) is 0.753. The number of guanidine groups is 1. The molecule has 1 aliphatic rings. The van der Waals surface area contributed by atoms with Gasteiger partial charge in [-0.15, -0.1) is 0 Å². The third-order valence-corrected chi connectivity index (χ3v) is 2.18. The Hall–Kier alpha value is -0.770. The topological polar surface area (TPSA) is 62.3 Å². The van der Waals surface area contributed by atoms with Gasteiger partial charge in [0.25, 0.3) is 0 Å². The second-order valence-corrected chi connectivity index (χ2v) is 3.15. The van der Waals surface area contributed by atoms with Gasteiger partial charge >= 0.3 is 0 Å². The largest absolute Gasteiger partial charge is 0.381 e. The van der Waals surface area contributed by atoms with Gasteiger partial charge in [0.1, 0.15) is 0 Å². The lowest BCUT2D eigenvalue weighted by atomic mass is 10.1. The number of hydrogen-bond donors (Lipinski definition) is 2. The van der Waals surface area contributed by atoms with Gasteiger partial charge in [-0.2, -0.15) is 0 Å². The highest BCUT2D eigenvalue weighted by molar-refractivity contribution is 5.74. The van der Waals surface area contributed by atoms with Crippen molar-refractivity contribution in [1.82, 2.24) is 4.90 Å². The standard InChI is InChI=1S/C8H17N3O/c1-2-12-6-7-3-4-11(5-7)8(9)10/h7H,2-6H2,1H3,(H3,9,10)/t7-/m1/s1. The summed E-state index contributed by atoms with van der Waals surface area (Å²) in [6.45, 7) is 5.37. The SMILES string of the molecule is CCOC[C@@H]1CCN(C(=N)N)C1. The van der Waals surface area contributed by atoms with Gasteiger partial charge in [-0.25, -0.2) is 0 Å². The van der Waals surface area contributed by atoms with E-state index in [1.165, 1.54) is 0 Å². The quantitative estimate of drug-likeness (QED) is 0.472. The van der Waals surface area contributed by atoms with Crippen LogP contribution in [0.2, 0.25) is 0 Å². The number of nitrogens with two attached hydrogens (primary N) is 1. The summed E-state index contributed by atoms with van der Waals surface area (Å²) in [5.41, 5.74) is 5.36. The lowest BCUT2D eigenvalue weighted by Crippen LogP contribution is -2.34. The van der Waals surface area contributed by atoms with Crippen molar-refractivity contribution in [2.45, 2.75) is 13.3 Å². The van der Waals surface area contributed by atoms with Crippen molar-refractivity contribution in [3.05, 3.63) is 0 Å². The van der Waals surface area contributed by atoms with E-state index in [0.717, 1.165) is 32.7 Å². The molecule has 1 atom stereocenters. The fourth-order valence-corrected chi connectivity index (χ4v) is 1.47. The molecule has 1 rings (SSSR count). The van der Waals surface area contributed by atoms with Gasteiger partial charge in [0.2, 0.25) is 0 Å². The molecule has 0 bridgehead atoms. The predicted octanol–water partition coefficient (Wildman–Crippen LogP) is 0.238. The Balaban J connectivity index is 2.21. The van der Waals surface area contributed by atoms with E-state index in [0.29, 0.717) is 5.92 Å². The Morgan fingerprint density at radius 3 is 3.00 bits per heavy atom. The number of nitrogens with one attached hydrogen (secondary N) is 1. The first-order chi connectivity index (χ1) is 5.74.